The van der Waals surface area contributed by atoms with Gasteiger partial charge < -0.3 is 10.2 Å². The maximum atomic E-state index is 12.9. The molecule has 1 aromatic rings. The van der Waals surface area contributed by atoms with Crippen molar-refractivity contribution in [3.63, 3.8) is 0 Å². The first kappa shape index (κ1) is 14.9. The molecule has 5 heteroatoms. The molecule has 124 valence electrons. The molecule has 2 saturated heterocycles. The largest absolute Gasteiger partial charge is 0.348 e. The van der Waals surface area contributed by atoms with Crippen LogP contribution >= 0.6 is 0 Å². The summed E-state index contributed by atoms with van der Waals surface area (Å²) in [4.78, 5) is 15.4. The van der Waals surface area contributed by atoms with Gasteiger partial charge in [-0.05, 0) is 39.2 Å². The van der Waals surface area contributed by atoms with Crippen molar-refractivity contribution in [3.8, 4) is 0 Å². The molecule has 2 aliphatic heterocycles. The summed E-state index contributed by atoms with van der Waals surface area (Å²) in [5.74, 6) is 0.0594. The molecule has 2 fully saturated rings. The van der Waals surface area contributed by atoms with Crippen LogP contribution in [0.5, 0.6) is 0 Å². The maximum absolute atomic E-state index is 12.9. The van der Waals surface area contributed by atoms with Gasteiger partial charge in [-0.15, -0.1) is 0 Å². The zero-order chi connectivity index (χ0) is 16.0. The van der Waals surface area contributed by atoms with Crippen molar-refractivity contribution in [3.05, 3.63) is 29.1 Å². The fourth-order valence-electron chi connectivity index (χ4n) is 4.67. The molecule has 0 spiro atoms. The highest BCUT2D eigenvalue weighted by Gasteiger charge is 2.37. The lowest BCUT2D eigenvalue weighted by molar-refractivity contribution is 0.0461. The van der Waals surface area contributed by atoms with E-state index in [1.165, 1.54) is 19.3 Å². The lowest BCUT2D eigenvalue weighted by Crippen LogP contribution is -2.55. The molecular formula is C18H26N4O. The molecule has 1 N–H and O–H groups in total. The third-order valence-electron chi connectivity index (χ3n) is 5.92. The van der Waals surface area contributed by atoms with Gasteiger partial charge >= 0.3 is 0 Å². The second-order valence-electron chi connectivity index (χ2n) is 7.32. The van der Waals surface area contributed by atoms with E-state index < -0.39 is 0 Å². The molecule has 0 saturated carbocycles. The first-order valence-electron chi connectivity index (χ1n) is 8.86. The van der Waals surface area contributed by atoms with E-state index in [9.17, 15) is 4.79 Å². The van der Waals surface area contributed by atoms with Gasteiger partial charge in [-0.1, -0.05) is 18.6 Å². The molecule has 3 heterocycles. The highest BCUT2D eigenvalue weighted by Crippen LogP contribution is 2.32. The number of allylic oxidation sites excluding steroid dienone is 2. The monoisotopic (exact) mass is 314 g/mol. The number of rotatable bonds is 2. The van der Waals surface area contributed by atoms with Crippen LogP contribution in [-0.4, -0.2) is 45.8 Å². The van der Waals surface area contributed by atoms with Crippen LogP contribution in [0.4, 0.5) is 0 Å². The van der Waals surface area contributed by atoms with Crippen LogP contribution in [0, 0.1) is 0 Å². The van der Waals surface area contributed by atoms with Crippen molar-refractivity contribution < 1.29 is 4.79 Å². The van der Waals surface area contributed by atoms with Crippen molar-refractivity contribution in [2.45, 2.75) is 63.1 Å². The minimum atomic E-state index is 0.0594. The molecule has 2 bridgehead atoms. The molecule has 0 aromatic carbocycles. The Morgan fingerprint density at radius 3 is 2.61 bits per heavy atom. The molecule has 1 amide bonds. The number of aryl methyl sites for hydroxylation is 1. The Kier molecular flexibility index (Phi) is 3.76. The van der Waals surface area contributed by atoms with Crippen molar-refractivity contribution >= 4 is 5.91 Å². The van der Waals surface area contributed by atoms with E-state index in [1.807, 2.05) is 7.05 Å². The number of hydrogen-bond donors (Lipinski definition) is 1. The lowest BCUT2D eigenvalue weighted by atomic mass is 9.82. The van der Waals surface area contributed by atoms with Crippen LogP contribution in [0.25, 0.3) is 0 Å². The number of aromatic nitrogens is 2. The van der Waals surface area contributed by atoms with Gasteiger partial charge in [0, 0.05) is 37.2 Å². The minimum Gasteiger partial charge on any atom is -0.348 e. The highest BCUT2D eigenvalue weighted by atomic mass is 16.2. The fraction of sp³-hybridized carbons (Fsp3) is 0.667. The van der Waals surface area contributed by atoms with Crippen molar-refractivity contribution in [2.75, 3.05) is 7.05 Å². The number of carbonyl (C=O) groups excluding carboxylic acids is 1. The Bertz CT molecular complexity index is 634. The number of amides is 1. The van der Waals surface area contributed by atoms with Crippen molar-refractivity contribution in [1.29, 1.82) is 0 Å². The zero-order valence-corrected chi connectivity index (χ0v) is 14.1. The van der Waals surface area contributed by atoms with Crippen LogP contribution < -0.4 is 5.32 Å². The summed E-state index contributed by atoms with van der Waals surface area (Å²) >= 11 is 0. The molecule has 1 aromatic heterocycles. The van der Waals surface area contributed by atoms with Crippen LogP contribution in [0.3, 0.4) is 0 Å². The third-order valence-corrected chi connectivity index (χ3v) is 5.92. The van der Waals surface area contributed by atoms with E-state index in [1.54, 1.807) is 4.68 Å². The Hall–Kier alpha value is -1.62. The van der Waals surface area contributed by atoms with E-state index in [4.69, 9.17) is 0 Å². The van der Waals surface area contributed by atoms with E-state index >= 15 is 0 Å². The van der Waals surface area contributed by atoms with Gasteiger partial charge in [-0.3, -0.25) is 9.48 Å². The van der Waals surface area contributed by atoms with E-state index in [-0.39, 0.29) is 5.91 Å². The second-order valence-corrected chi connectivity index (χ2v) is 7.32. The molecule has 4 rings (SSSR count). The molecule has 0 radical (unpaired) electrons. The van der Waals surface area contributed by atoms with Gasteiger partial charge in [0.15, 0.2) is 0 Å². The molecule has 3 atom stereocenters. The van der Waals surface area contributed by atoms with Gasteiger partial charge in [-0.2, -0.15) is 5.10 Å². The summed E-state index contributed by atoms with van der Waals surface area (Å²) in [5, 5.41) is 7.84. The van der Waals surface area contributed by atoms with Crippen molar-refractivity contribution in [1.82, 2.24) is 20.0 Å². The second kappa shape index (κ2) is 5.78. The number of nitrogens with one attached hydrogen (secondary N) is 1. The van der Waals surface area contributed by atoms with Gasteiger partial charge in [0.2, 0.25) is 0 Å². The van der Waals surface area contributed by atoms with Crippen LogP contribution in [-0.2, 0) is 19.9 Å². The molecule has 1 aliphatic carbocycles. The Balaban J connectivity index is 1.50. The Morgan fingerprint density at radius 2 is 1.87 bits per heavy atom. The molecule has 1 unspecified atom stereocenters. The van der Waals surface area contributed by atoms with E-state index in [0.29, 0.717) is 18.1 Å². The number of carbonyl (C=O) groups is 1. The summed E-state index contributed by atoms with van der Waals surface area (Å²) in [6.07, 6.45) is 12.0. The predicted molar refractivity (Wildman–Crippen MR) is 89.4 cm³/mol. The van der Waals surface area contributed by atoms with E-state index in [2.05, 4.69) is 34.5 Å². The zero-order valence-electron chi connectivity index (χ0n) is 14.1. The summed E-state index contributed by atoms with van der Waals surface area (Å²) < 4.78 is 1.77. The first-order chi connectivity index (χ1) is 11.1. The fourth-order valence-corrected chi connectivity index (χ4v) is 4.67. The Morgan fingerprint density at radius 1 is 1.17 bits per heavy atom. The van der Waals surface area contributed by atoms with Crippen LogP contribution in [0.2, 0.25) is 0 Å². The lowest BCUT2D eigenvalue weighted by Gasteiger charge is -2.47. The van der Waals surface area contributed by atoms with Gasteiger partial charge in [0.05, 0.1) is 5.69 Å². The smallest absolute Gasteiger partial charge is 0.270 e. The molecule has 3 aliphatic rings. The van der Waals surface area contributed by atoms with Gasteiger partial charge in [0.1, 0.15) is 5.69 Å². The quantitative estimate of drug-likeness (QED) is 0.847. The summed E-state index contributed by atoms with van der Waals surface area (Å²) in [5.41, 5.74) is 2.93. The Labute approximate surface area is 137 Å². The number of piperidine rings is 2. The number of fused-ring (bicyclic) bond motifs is 3. The summed E-state index contributed by atoms with van der Waals surface area (Å²) in [6, 6.07) is 1.58. The van der Waals surface area contributed by atoms with Crippen LogP contribution in [0.1, 0.15) is 53.8 Å². The maximum Gasteiger partial charge on any atom is 0.270 e. The minimum absolute atomic E-state index is 0.0594. The van der Waals surface area contributed by atoms with Crippen LogP contribution in [0.15, 0.2) is 12.2 Å². The van der Waals surface area contributed by atoms with Gasteiger partial charge in [0.25, 0.3) is 5.91 Å². The topological polar surface area (TPSA) is 50.2 Å². The third kappa shape index (κ3) is 2.61. The normalized spacial score (nSPS) is 30.1. The molecule has 23 heavy (non-hydrogen) atoms. The average molecular weight is 314 g/mol. The predicted octanol–water partition coefficient (Wildman–Crippen LogP) is 1.82. The molecular weight excluding hydrogens is 288 g/mol. The molecule has 5 nitrogen and oxygen atoms in total. The average Bonchev–Trinajstić information content (AvgIpc) is 2.84. The highest BCUT2D eigenvalue weighted by molar-refractivity contribution is 5.94. The summed E-state index contributed by atoms with van der Waals surface area (Å²) in [7, 11) is 4.13. The van der Waals surface area contributed by atoms with E-state index in [0.717, 1.165) is 42.6 Å². The number of nitrogens with zero attached hydrogens (tertiary/aromatic N) is 3. The summed E-state index contributed by atoms with van der Waals surface area (Å²) in [6.45, 7) is 0. The van der Waals surface area contributed by atoms with Gasteiger partial charge in [-0.25, -0.2) is 0 Å². The van der Waals surface area contributed by atoms with Crippen molar-refractivity contribution in [2.24, 2.45) is 7.05 Å². The standard InChI is InChI=1S/C18H26N4O/c1-21-13-6-5-7-14(21)11-12(10-13)19-18(23)17-15-8-3-4-9-16(15)20-22(17)2/h3-4,12-14H,5-11H2,1-2H3,(H,19,23)/t12?,13-,14+. The number of hydrogen-bond acceptors (Lipinski definition) is 3. The first-order valence-corrected chi connectivity index (χ1v) is 8.86. The SMILES string of the molecule is CN1[C@@H]2CCC[C@H]1CC(NC(=O)c1c3c(nn1C)CC=CC3)C2.